The molecule has 24 nitrogen and oxygen atoms in total. The van der Waals surface area contributed by atoms with Crippen molar-refractivity contribution in [3.05, 3.63) is 239 Å². The Hall–Kier alpha value is -12.1. The van der Waals surface area contributed by atoms with Gasteiger partial charge in [0.1, 0.15) is 79.4 Å². The summed E-state index contributed by atoms with van der Waals surface area (Å²) < 4.78 is 75.0. The van der Waals surface area contributed by atoms with Crippen LogP contribution in [0.25, 0.3) is 0 Å². The van der Waals surface area contributed by atoms with E-state index in [1.807, 2.05) is 57.2 Å². The Morgan fingerprint density at radius 2 is 0.568 bits per heavy atom. The lowest BCUT2D eigenvalue weighted by molar-refractivity contribution is 0.0370. The minimum Gasteiger partial charge on any atom is -0.497 e. The fourth-order valence-corrected chi connectivity index (χ4v) is 8.84. The zero-order chi connectivity index (χ0) is 82.6. The highest BCUT2D eigenvalue weighted by atomic mass is 16.6. The number of carbonyl (C=O) groups is 8. The number of carboxylic acid groups (broad SMARTS) is 1. The Balaban J connectivity index is 0.000000636. The van der Waals surface area contributed by atoms with Gasteiger partial charge in [-0.3, -0.25) is 0 Å². The molecule has 0 saturated heterocycles. The largest absolute Gasteiger partial charge is 0.497 e. The number of aromatic carboxylic acids is 1. The minimum absolute atomic E-state index is 0.118. The number of hydrogen-bond acceptors (Lipinski definition) is 23. The van der Waals surface area contributed by atoms with Gasteiger partial charge in [-0.05, 0) is 156 Å². The predicted molar refractivity (Wildman–Crippen MR) is 424 cm³/mol. The van der Waals surface area contributed by atoms with Crippen LogP contribution in [0.5, 0.6) is 46.0 Å². The van der Waals surface area contributed by atoms with Crippen LogP contribution in [0, 0.1) is 0 Å². The Morgan fingerprint density at radius 1 is 0.288 bits per heavy atom. The van der Waals surface area contributed by atoms with E-state index in [0.29, 0.717) is 118 Å². The molecule has 0 saturated carbocycles. The van der Waals surface area contributed by atoms with Gasteiger partial charge in [0.25, 0.3) is 0 Å². The summed E-state index contributed by atoms with van der Waals surface area (Å²) in [4.78, 5) is 90.7. The van der Waals surface area contributed by atoms with Crippen molar-refractivity contribution in [1.82, 2.24) is 0 Å². The summed E-state index contributed by atoms with van der Waals surface area (Å²) in [5.74, 6) is 1.25. The maximum Gasteiger partial charge on any atom is 0.342 e. The Bertz CT molecular complexity index is 3910. The van der Waals surface area contributed by atoms with Gasteiger partial charge in [0, 0.05) is 0 Å². The number of benzene rings is 8. The number of carbonyl (C=O) groups excluding carboxylic acids is 7. The van der Waals surface area contributed by atoms with Crippen molar-refractivity contribution in [3.63, 3.8) is 0 Å². The van der Waals surface area contributed by atoms with Gasteiger partial charge in [-0.25, -0.2) is 38.4 Å². The van der Waals surface area contributed by atoms with Crippen molar-refractivity contribution in [2.24, 2.45) is 0 Å². The second-order valence-electron chi connectivity index (χ2n) is 22.9. The molecule has 0 atom stereocenters. The standard InChI is InChI=1S/2C13H18O3.C12H16O3.2C11H14O3.C10H12O3.C9H10O3.C8H8O3/c2*1-3-4-7-10-16-13(14)11-8-5-6-9-12(11)15-2;1-3-4-9-15-12(13)10-7-5-6-8-11(10)14-2;1-8(2)14-11(12)9-6-4-5-7-10(9)13-3;1-3-8-14-11(12)9-6-4-5-7-10(9)13-2;1-3-13-10(11)8-6-4-5-7-9(8)12-2;1-11-8-5-3-4-7(6-8)9(10)12-2;1-11-7-4-2-3-6(5-7)8(9)10/h2*5-6,8-9H,3-4,7,10H2,1-2H3;5-8H,3-4,9H2,1-2H3;4-8H,1-3H3;4-7H,3,8H2,1-2H3;4-7H,3H2,1-2H3;3-6H,1-2H3;2-5H,1H3,(H,9,10). The number of hydrogen-bond donors (Lipinski definition) is 1. The van der Waals surface area contributed by atoms with Crippen molar-refractivity contribution < 1.29 is 115 Å². The molecule has 0 aliphatic rings. The molecule has 0 aromatic heterocycles. The first-order chi connectivity index (χ1) is 53.6. The lowest BCUT2D eigenvalue weighted by atomic mass is 10.2. The van der Waals surface area contributed by atoms with E-state index < -0.39 is 5.97 Å². The van der Waals surface area contributed by atoms with E-state index >= 15 is 0 Å². The maximum atomic E-state index is 11.7. The second kappa shape index (κ2) is 59.9. The third-order valence-electron chi connectivity index (χ3n) is 14.5. The zero-order valence-corrected chi connectivity index (χ0v) is 66.8. The molecule has 8 aromatic rings. The van der Waals surface area contributed by atoms with Crippen molar-refractivity contribution in [2.45, 2.75) is 112 Å². The van der Waals surface area contributed by atoms with Crippen molar-refractivity contribution in [1.29, 1.82) is 0 Å². The molecule has 0 bridgehead atoms. The summed E-state index contributed by atoms with van der Waals surface area (Å²) in [5.41, 5.74) is 3.60. The predicted octanol–water partition coefficient (Wildman–Crippen LogP) is 18.0. The molecule has 0 amide bonds. The van der Waals surface area contributed by atoms with Gasteiger partial charge in [0.05, 0.1) is 114 Å². The summed E-state index contributed by atoms with van der Waals surface area (Å²) in [7, 11) is 13.6. The first kappa shape index (κ1) is 96.9. The fourth-order valence-electron chi connectivity index (χ4n) is 8.84. The van der Waals surface area contributed by atoms with Crippen molar-refractivity contribution >= 4 is 47.8 Å². The van der Waals surface area contributed by atoms with E-state index in [4.69, 9.17) is 71.4 Å². The van der Waals surface area contributed by atoms with Crippen LogP contribution in [-0.2, 0) is 33.2 Å². The molecule has 8 rings (SSSR count). The Labute approximate surface area is 653 Å². The van der Waals surface area contributed by atoms with Gasteiger partial charge in [-0.15, -0.1) is 0 Å². The highest BCUT2D eigenvalue weighted by Gasteiger charge is 2.18. The van der Waals surface area contributed by atoms with Gasteiger partial charge in [-0.1, -0.05) is 145 Å². The van der Waals surface area contributed by atoms with E-state index in [0.717, 1.165) is 57.8 Å². The molecule has 0 radical (unpaired) electrons. The summed E-state index contributed by atoms with van der Waals surface area (Å²) in [6.07, 6.45) is 8.83. The third kappa shape index (κ3) is 39.0. The van der Waals surface area contributed by atoms with Gasteiger partial charge in [-0.2, -0.15) is 0 Å². The van der Waals surface area contributed by atoms with Gasteiger partial charge in [0.2, 0.25) is 0 Å². The Kier molecular flexibility index (Phi) is 52.3. The van der Waals surface area contributed by atoms with Crippen LogP contribution in [0.4, 0.5) is 0 Å². The van der Waals surface area contributed by atoms with Crippen LogP contribution in [-0.4, -0.2) is 156 Å². The smallest absolute Gasteiger partial charge is 0.342 e. The van der Waals surface area contributed by atoms with Crippen molar-refractivity contribution in [2.75, 3.05) is 97.0 Å². The monoisotopic (exact) mass is 1540 g/mol. The third-order valence-corrected chi connectivity index (χ3v) is 14.5. The van der Waals surface area contributed by atoms with Gasteiger partial charge < -0.3 is 76.2 Å². The molecule has 602 valence electrons. The number of ether oxygens (including phenoxy) is 15. The average molecular weight is 1540 g/mol. The summed E-state index contributed by atoms with van der Waals surface area (Å²) in [6, 6.07) is 55.4. The van der Waals surface area contributed by atoms with Crippen LogP contribution >= 0.6 is 0 Å². The SMILES string of the molecule is CCCCCOC(=O)c1ccccc1OC.CCCCCOC(=O)c1ccccc1OC.CCCCOC(=O)c1ccccc1OC.CCCOC(=O)c1ccccc1OC.CCOC(=O)c1ccccc1OC.COC(=O)c1cccc(OC)c1.COc1cccc(C(=O)O)c1.COc1ccccc1C(=O)OC(C)C. The highest BCUT2D eigenvalue weighted by molar-refractivity contribution is 5.95. The summed E-state index contributed by atoms with van der Waals surface area (Å²) in [5, 5.41) is 8.55. The lowest BCUT2D eigenvalue weighted by Crippen LogP contribution is -2.12. The number of para-hydroxylation sites is 6. The van der Waals surface area contributed by atoms with E-state index in [2.05, 4.69) is 25.5 Å². The van der Waals surface area contributed by atoms with Gasteiger partial charge >= 0.3 is 47.8 Å². The highest BCUT2D eigenvalue weighted by Crippen LogP contribution is 2.24. The number of esters is 7. The average Bonchev–Trinajstić information content (AvgIpc) is 0.897. The number of rotatable bonds is 31. The Morgan fingerprint density at radius 3 is 0.838 bits per heavy atom. The second-order valence-corrected chi connectivity index (χ2v) is 22.9. The molecule has 24 heteroatoms. The van der Waals surface area contributed by atoms with Crippen LogP contribution in [0.15, 0.2) is 194 Å². The topological polar surface area (TPSA) is 295 Å². The van der Waals surface area contributed by atoms with Crippen LogP contribution in [0.1, 0.15) is 189 Å². The normalized spacial score (nSPS) is 9.63. The quantitative estimate of drug-likeness (QED) is 0.0240. The molecular formula is C87H110O24. The fraction of sp³-hybridized carbons (Fsp3) is 0.356. The van der Waals surface area contributed by atoms with Crippen LogP contribution < -0.4 is 37.9 Å². The van der Waals surface area contributed by atoms with Crippen LogP contribution in [0.2, 0.25) is 0 Å². The van der Waals surface area contributed by atoms with Crippen molar-refractivity contribution in [3.8, 4) is 46.0 Å². The zero-order valence-electron chi connectivity index (χ0n) is 66.8. The first-order valence-corrected chi connectivity index (χ1v) is 36.1. The number of methoxy groups -OCH3 is 9. The molecule has 0 unspecified atom stereocenters. The molecule has 111 heavy (non-hydrogen) atoms. The molecule has 0 aliphatic carbocycles. The maximum absolute atomic E-state index is 11.7. The molecule has 0 spiro atoms. The molecule has 0 aliphatic heterocycles. The van der Waals surface area contributed by atoms with E-state index in [9.17, 15) is 38.4 Å². The summed E-state index contributed by atoms with van der Waals surface area (Å²) in [6.45, 7) is 15.9. The van der Waals surface area contributed by atoms with E-state index in [1.165, 1.54) is 54.8 Å². The molecule has 1 N–H and O–H groups in total. The lowest BCUT2D eigenvalue weighted by Gasteiger charge is -2.10. The van der Waals surface area contributed by atoms with Crippen LogP contribution in [0.3, 0.4) is 0 Å². The first-order valence-electron chi connectivity index (χ1n) is 36.1. The number of unbranched alkanes of at least 4 members (excludes halogenated alkanes) is 5. The van der Waals surface area contributed by atoms with E-state index in [-0.39, 0.29) is 53.5 Å². The van der Waals surface area contributed by atoms with Gasteiger partial charge in [0.15, 0.2) is 0 Å². The molecular weight excluding hydrogens is 1430 g/mol. The number of carboxylic acids is 1. The molecule has 0 heterocycles. The molecule has 0 fully saturated rings. The summed E-state index contributed by atoms with van der Waals surface area (Å²) >= 11 is 0. The minimum atomic E-state index is -0.941. The van der Waals surface area contributed by atoms with E-state index in [1.54, 1.807) is 174 Å². The molecule has 8 aromatic carbocycles.